The second kappa shape index (κ2) is 5.68. The summed E-state index contributed by atoms with van der Waals surface area (Å²) in [5.74, 6) is 0.900. The number of hydrogen-bond acceptors (Lipinski definition) is 3. The first kappa shape index (κ1) is 13.3. The Balaban J connectivity index is 1.94. The van der Waals surface area contributed by atoms with Gasteiger partial charge in [-0.2, -0.15) is 0 Å². The Morgan fingerprint density at radius 3 is 2.47 bits per heavy atom. The van der Waals surface area contributed by atoms with Crippen LogP contribution in [-0.2, 0) is 4.74 Å². The molecule has 0 radical (unpaired) electrons. The molecule has 0 bridgehead atoms. The van der Waals surface area contributed by atoms with E-state index < -0.39 is 0 Å². The van der Waals surface area contributed by atoms with E-state index in [1.165, 1.54) is 25.7 Å². The molecule has 0 amide bonds. The zero-order chi connectivity index (χ0) is 12.3. The first-order valence-corrected chi connectivity index (χ1v) is 7.25. The average Bonchev–Trinajstić information content (AvgIpc) is 2.33. The highest BCUT2D eigenvalue weighted by Crippen LogP contribution is 2.34. The molecule has 1 saturated carbocycles. The van der Waals surface area contributed by atoms with Crippen molar-refractivity contribution < 1.29 is 4.74 Å². The summed E-state index contributed by atoms with van der Waals surface area (Å²) in [6.45, 7) is 8.45. The Morgan fingerprint density at radius 2 is 2.00 bits per heavy atom. The van der Waals surface area contributed by atoms with Gasteiger partial charge in [-0.25, -0.2) is 0 Å². The maximum atomic E-state index is 6.52. The maximum Gasteiger partial charge on any atom is 0.0594 e. The molecule has 2 atom stereocenters. The largest absolute Gasteiger partial charge is 0.379 e. The van der Waals surface area contributed by atoms with Crippen LogP contribution in [0.1, 0.15) is 46.0 Å². The quantitative estimate of drug-likeness (QED) is 0.799. The summed E-state index contributed by atoms with van der Waals surface area (Å²) in [5.41, 5.74) is 6.69. The molecule has 1 aliphatic heterocycles. The van der Waals surface area contributed by atoms with Crippen molar-refractivity contribution in [1.82, 2.24) is 4.90 Å². The molecular formula is C14H28N2O. The lowest BCUT2D eigenvalue weighted by Crippen LogP contribution is -2.61. The lowest BCUT2D eigenvalue weighted by molar-refractivity contribution is -0.0313. The fourth-order valence-electron chi connectivity index (χ4n) is 3.14. The number of nitrogens with zero attached hydrogens (tertiary/aromatic N) is 1. The van der Waals surface area contributed by atoms with Gasteiger partial charge in [0, 0.05) is 24.7 Å². The van der Waals surface area contributed by atoms with Gasteiger partial charge in [-0.15, -0.1) is 0 Å². The molecule has 0 spiro atoms. The Hall–Kier alpha value is -0.120. The highest BCUT2D eigenvalue weighted by Gasteiger charge is 2.38. The van der Waals surface area contributed by atoms with Crippen molar-refractivity contribution in [3.63, 3.8) is 0 Å². The van der Waals surface area contributed by atoms with Gasteiger partial charge >= 0.3 is 0 Å². The summed E-state index contributed by atoms with van der Waals surface area (Å²) >= 11 is 0. The standard InChI is InChI=1S/C14H28N2O/c1-3-14(2,16-7-9-17-10-8-16)13(15)11-12-5-4-6-12/h12-13H,3-11,15H2,1-2H3. The Morgan fingerprint density at radius 1 is 1.35 bits per heavy atom. The third-order valence-electron chi connectivity index (χ3n) is 5.06. The van der Waals surface area contributed by atoms with Crippen LogP contribution in [-0.4, -0.2) is 42.8 Å². The fourth-order valence-corrected chi connectivity index (χ4v) is 3.14. The zero-order valence-corrected chi connectivity index (χ0v) is 11.5. The molecule has 1 saturated heterocycles. The van der Waals surface area contributed by atoms with Crippen LogP contribution < -0.4 is 5.73 Å². The molecule has 2 N–H and O–H groups in total. The first-order valence-electron chi connectivity index (χ1n) is 7.25. The third-order valence-corrected chi connectivity index (χ3v) is 5.06. The number of ether oxygens (including phenoxy) is 1. The fraction of sp³-hybridized carbons (Fsp3) is 1.00. The summed E-state index contributed by atoms with van der Waals surface area (Å²) in [6.07, 6.45) is 6.56. The van der Waals surface area contributed by atoms with Crippen LogP contribution in [0, 0.1) is 5.92 Å². The molecule has 0 aromatic heterocycles. The van der Waals surface area contributed by atoms with Crippen LogP contribution in [0.3, 0.4) is 0 Å². The van der Waals surface area contributed by atoms with E-state index in [0.29, 0.717) is 6.04 Å². The molecule has 2 unspecified atom stereocenters. The maximum absolute atomic E-state index is 6.52. The van der Waals surface area contributed by atoms with Crippen LogP contribution in [0.4, 0.5) is 0 Å². The molecule has 17 heavy (non-hydrogen) atoms. The van der Waals surface area contributed by atoms with Crippen molar-refractivity contribution in [3.8, 4) is 0 Å². The number of morpholine rings is 1. The van der Waals surface area contributed by atoms with Gasteiger partial charge < -0.3 is 10.5 Å². The van der Waals surface area contributed by atoms with Crippen LogP contribution in [0.2, 0.25) is 0 Å². The molecule has 1 heterocycles. The topological polar surface area (TPSA) is 38.5 Å². The van der Waals surface area contributed by atoms with Crippen LogP contribution in [0.25, 0.3) is 0 Å². The van der Waals surface area contributed by atoms with E-state index in [1.54, 1.807) is 0 Å². The molecule has 0 aromatic carbocycles. The molecule has 2 fully saturated rings. The molecule has 1 aliphatic carbocycles. The minimum atomic E-state index is 0.166. The number of hydrogen-bond donors (Lipinski definition) is 1. The van der Waals surface area contributed by atoms with E-state index >= 15 is 0 Å². The summed E-state index contributed by atoms with van der Waals surface area (Å²) < 4.78 is 5.45. The van der Waals surface area contributed by atoms with Gasteiger partial charge in [0.1, 0.15) is 0 Å². The summed E-state index contributed by atoms with van der Waals surface area (Å²) in [5, 5.41) is 0. The highest BCUT2D eigenvalue weighted by atomic mass is 16.5. The normalized spacial score (nSPS) is 28.4. The second-order valence-electron chi connectivity index (χ2n) is 5.95. The predicted molar refractivity (Wildman–Crippen MR) is 71.0 cm³/mol. The van der Waals surface area contributed by atoms with Crippen molar-refractivity contribution in [3.05, 3.63) is 0 Å². The van der Waals surface area contributed by atoms with E-state index in [0.717, 1.165) is 38.6 Å². The van der Waals surface area contributed by atoms with Gasteiger partial charge in [0.2, 0.25) is 0 Å². The number of rotatable bonds is 5. The molecule has 2 aliphatic rings. The van der Waals surface area contributed by atoms with Gasteiger partial charge in [0.25, 0.3) is 0 Å². The van der Waals surface area contributed by atoms with Crippen LogP contribution >= 0.6 is 0 Å². The molecule has 0 aromatic rings. The van der Waals surface area contributed by atoms with Crippen LogP contribution in [0.15, 0.2) is 0 Å². The Bertz CT molecular complexity index is 236. The Labute approximate surface area is 106 Å². The summed E-state index contributed by atoms with van der Waals surface area (Å²) in [6, 6.07) is 0.316. The van der Waals surface area contributed by atoms with Crippen molar-refractivity contribution in [2.24, 2.45) is 11.7 Å². The van der Waals surface area contributed by atoms with E-state index in [2.05, 4.69) is 18.7 Å². The number of nitrogens with two attached hydrogens (primary N) is 1. The smallest absolute Gasteiger partial charge is 0.0594 e. The van der Waals surface area contributed by atoms with E-state index in [1.807, 2.05) is 0 Å². The molecule has 100 valence electrons. The zero-order valence-electron chi connectivity index (χ0n) is 11.5. The minimum Gasteiger partial charge on any atom is -0.379 e. The lowest BCUT2D eigenvalue weighted by atomic mass is 9.75. The van der Waals surface area contributed by atoms with Crippen molar-refractivity contribution in [2.75, 3.05) is 26.3 Å². The highest BCUT2D eigenvalue weighted by molar-refractivity contribution is 4.96. The van der Waals surface area contributed by atoms with Crippen molar-refractivity contribution >= 4 is 0 Å². The summed E-state index contributed by atoms with van der Waals surface area (Å²) in [4.78, 5) is 2.56. The minimum absolute atomic E-state index is 0.166. The van der Waals surface area contributed by atoms with Gasteiger partial charge in [0.05, 0.1) is 13.2 Å². The first-order chi connectivity index (χ1) is 8.16. The van der Waals surface area contributed by atoms with Gasteiger partial charge in [-0.3, -0.25) is 4.90 Å². The van der Waals surface area contributed by atoms with Gasteiger partial charge in [0.15, 0.2) is 0 Å². The van der Waals surface area contributed by atoms with Gasteiger partial charge in [-0.1, -0.05) is 26.2 Å². The van der Waals surface area contributed by atoms with Crippen molar-refractivity contribution in [1.29, 1.82) is 0 Å². The predicted octanol–water partition coefficient (Wildman–Crippen LogP) is 2.00. The van der Waals surface area contributed by atoms with Crippen LogP contribution in [0.5, 0.6) is 0 Å². The van der Waals surface area contributed by atoms with E-state index in [9.17, 15) is 0 Å². The van der Waals surface area contributed by atoms with Gasteiger partial charge in [-0.05, 0) is 25.7 Å². The Kier molecular flexibility index (Phi) is 4.45. The lowest BCUT2D eigenvalue weighted by Gasteiger charge is -2.48. The monoisotopic (exact) mass is 240 g/mol. The molecule has 2 rings (SSSR count). The van der Waals surface area contributed by atoms with E-state index in [4.69, 9.17) is 10.5 Å². The van der Waals surface area contributed by atoms with Crippen molar-refractivity contribution in [2.45, 2.75) is 57.5 Å². The molecule has 3 heteroatoms. The van der Waals surface area contributed by atoms with E-state index in [-0.39, 0.29) is 5.54 Å². The third kappa shape index (κ3) is 2.83. The average molecular weight is 240 g/mol. The second-order valence-corrected chi connectivity index (χ2v) is 5.95. The summed E-state index contributed by atoms with van der Waals surface area (Å²) in [7, 11) is 0. The molecule has 3 nitrogen and oxygen atoms in total. The SMILES string of the molecule is CCC(C)(C(N)CC1CCC1)N1CCOCC1. The molecular weight excluding hydrogens is 212 g/mol.